The Hall–Kier alpha value is -1.54. The molecule has 0 saturated heterocycles. The van der Waals surface area contributed by atoms with Gasteiger partial charge in [0.05, 0.1) is 6.26 Å². The van der Waals surface area contributed by atoms with Gasteiger partial charge in [-0.05, 0) is 31.5 Å². The number of rotatable bonds is 5. The van der Waals surface area contributed by atoms with Gasteiger partial charge in [0, 0.05) is 18.5 Å². The van der Waals surface area contributed by atoms with E-state index in [1.165, 1.54) is 5.56 Å². The molecule has 0 aliphatic carbocycles. The molecule has 1 N–H and O–H groups in total. The van der Waals surface area contributed by atoms with Crippen molar-refractivity contribution in [3.05, 3.63) is 60.1 Å². The molecule has 0 amide bonds. The van der Waals surface area contributed by atoms with Gasteiger partial charge in [0.1, 0.15) is 5.76 Å². The Bertz CT molecular complexity index is 421. The van der Waals surface area contributed by atoms with Gasteiger partial charge in [-0.2, -0.15) is 0 Å². The number of benzene rings is 1. The molecule has 17 heavy (non-hydrogen) atoms. The summed E-state index contributed by atoms with van der Waals surface area (Å²) in [6.45, 7) is 4.37. The Morgan fingerprint density at radius 2 is 1.82 bits per heavy atom. The highest BCUT2D eigenvalue weighted by atomic mass is 16.3. The molecule has 0 bridgehead atoms. The smallest absolute Gasteiger partial charge is 0.105 e. The molecular weight excluding hydrogens is 210 g/mol. The van der Waals surface area contributed by atoms with Gasteiger partial charge in [0.15, 0.2) is 0 Å². The lowest BCUT2D eigenvalue weighted by Gasteiger charge is -2.19. The molecule has 90 valence electrons. The zero-order chi connectivity index (χ0) is 12.1. The number of furan rings is 1. The van der Waals surface area contributed by atoms with Crippen LogP contribution in [0.15, 0.2) is 53.1 Å². The normalized spacial score (nSPS) is 14.5. The minimum Gasteiger partial charge on any atom is -0.469 e. The molecule has 1 aromatic heterocycles. The Labute approximate surface area is 103 Å². The average Bonchev–Trinajstić information content (AvgIpc) is 2.82. The molecule has 0 aliphatic heterocycles. The predicted octanol–water partition coefficient (Wildman–Crippen LogP) is 3.56. The van der Waals surface area contributed by atoms with Gasteiger partial charge in [0.2, 0.25) is 0 Å². The minimum atomic E-state index is 0.362. The van der Waals surface area contributed by atoms with Crippen LogP contribution < -0.4 is 5.32 Å². The van der Waals surface area contributed by atoms with E-state index in [0.29, 0.717) is 12.1 Å². The van der Waals surface area contributed by atoms with E-state index in [2.05, 4.69) is 43.4 Å². The van der Waals surface area contributed by atoms with Gasteiger partial charge in [-0.15, -0.1) is 0 Å². The van der Waals surface area contributed by atoms with E-state index in [1.54, 1.807) is 6.26 Å². The van der Waals surface area contributed by atoms with Crippen molar-refractivity contribution >= 4 is 0 Å². The lowest BCUT2D eigenvalue weighted by molar-refractivity contribution is 0.429. The number of hydrogen-bond acceptors (Lipinski definition) is 2. The summed E-state index contributed by atoms with van der Waals surface area (Å²) >= 11 is 0. The summed E-state index contributed by atoms with van der Waals surface area (Å²) in [5.41, 5.74) is 1.32. The zero-order valence-electron chi connectivity index (χ0n) is 10.4. The van der Waals surface area contributed by atoms with Crippen LogP contribution in [0.4, 0.5) is 0 Å². The van der Waals surface area contributed by atoms with Crippen LogP contribution >= 0.6 is 0 Å². The van der Waals surface area contributed by atoms with Gasteiger partial charge in [-0.3, -0.25) is 0 Å². The highest BCUT2D eigenvalue weighted by molar-refractivity contribution is 5.18. The first-order valence-electron chi connectivity index (χ1n) is 6.09. The summed E-state index contributed by atoms with van der Waals surface area (Å²) in [6.07, 6.45) is 2.65. The average molecular weight is 229 g/mol. The van der Waals surface area contributed by atoms with Crippen molar-refractivity contribution in [2.45, 2.75) is 32.4 Å². The Morgan fingerprint density at radius 1 is 1.06 bits per heavy atom. The fourth-order valence-electron chi connectivity index (χ4n) is 2.05. The molecule has 2 rings (SSSR count). The van der Waals surface area contributed by atoms with Crippen molar-refractivity contribution in [1.29, 1.82) is 0 Å². The van der Waals surface area contributed by atoms with Crippen molar-refractivity contribution in [3.63, 3.8) is 0 Å². The van der Waals surface area contributed by atoms with Crippen molar-refractivity contribution in [2.24, 2.45) is 0 Å². The van der Waals surface area contributed by atoms with Crippen LogP contribution in [-0.2, 0) is 6.42 Å². The maximum Gasteiger partial charge on any atom is 0.105 e. The van der Waals surface area contributed by atoms with Crippen LogP contribution in [0, 0.1) is 0 Å². The van der Waals surface area contributed by atoms with Crippen LogP contribution in [-0.4, -0.2) is 6.04 Å². The fourth-order valence-corrected chi connectivity index (χ4v) is 2.05. The summed E-state index contributed by atoms with van der Waals surface area (Å²) in [5.74, 6) is 1.03. The van der Waals surface area contributed by atoms with E-state index >= 15 is 0 Å². The lowest BCUT2D eigenvalue weighted by Crippen LogP contribution is -2.30. The van der Waals surface area contributed by atoms with E-state index in [9.17, 15) is 0 Å². The largest absolute Gasteiger partial charge is 0.469 e. The molecule has 0 spiro atoms. The molecular formula is C15H19NO. The van der Waals surface area contributed by atoms with Crippen LogP contribution in [0.3, 0.4) is 0 Å². The molecule has 2 aromatic rings. The highest BCUT2D eigenvalue weighted by Crippen LogP contribution is 2.13. The van der Waals surface area contributed by atoms with Crippen molar-refractivity contribution in [1.82, 2.24) is 5.32 Å². The molecule has 0 aliphatic rings. The maximum atomic E-state index is 5.35. The second-order valence-corrected chi connectivity index (χ2v) is 4.48. The van der Waals surface area contributed by atoms with E-state index < -0.39 is 0 Å². The summed E-state index contributed by atoms with van der Waals surface area (Å²) in [7, 11) is 0. The number of hydrogen-bond donors (Lipinski definition) is 1. The van der Waals surface area contributed by atoms with Gasteiger partial charge >= 0.3 is 0 Å². The maximum absolute atomic E-state index is 5.35. The fraction of sp³-hybridized carbons (Fsp3) is 0.333. The Balaban J connectivity index is 1.88. The zero-order valence-corrected chi connectivity index (χ0v) is 10.4. The van der Waals surface area contributed by atoms with E-state index in [4.69, 9.17) is 4.42 Å². The van der Waals surface area contributed by atoms with Crippen LogP contribution in [0.1, 0.15) is 31.2 Å². The molecule has 1 heterocycles. The van der Waals surface area contributed by atoms with E-state index in [1.807, 2.05) is 18.2 Å². The molecule has 2 atom stereocenters. The van der Waals surface area contributed by atoms with Crippen molar-refractivity contribution in [3.8, 4) is 0 Å². The molecule has 2 nitrogen and oxygen atoms in total. The predicted molar refractivity (Wildman–Crippen MR) is 69.9 cm³/mol. The monoisotopic (exact) mass is 229 g/mol. The van der Waals surface area contributed by atoms with Gasteiger partial charge < -0.3 is 9.73 Å². The third-order valence-electron chi connectivity index (χ3n) is 2.92. The molecule has 0 radical (unpaired) electrons. The summed E-state index contributed by atoms with van der Waals surface area (Å²) < 4.78 is 5.35. The summed E-state index contributed by atoms with van der Waals surface area (Å²) in [6, 6.07) is 15.2. The molecule has 0 fully saturated rings. The summed E-state index contributed by atoms with van der Waals surface area (Å²) in [5, 5.41) is 3.57. The lowest BCUT2D eigenvalue weighted by atomic mass is 10.1. The first-order chi connectivity index (χ1) is 8.25. The third kappa shape index (κ3) is 3.46. The third-order valence-corrected chi connectivity index (χ3v) is 2.92. The SMILES string of the molecule is CC(Cc1ccco1)NC(C)c1ccccc1. The number of nitrogens with one attached hydrogen (secondary N) is 1. The second kappa shape index (κ2) is 5.69. The standard InChI is InChI=1S/C15H19NO/c1-12(11-15-9-6-10-17-15)16-13(2)14-7-4-3-5-8-14/h3-10,12-13,16H,11H2,1-2H3. The van der Waals surface area contributed by atoms with Crippen LogP contribution in [0.5, 0.6) is 0 Å². The molecule has 0 saturated carbocycles. The van der Waals surface area contributed by atoms with Gasteiger partial charge in [-0.25, -0.2) is 0 Å². The minimum absolute atomic E-state index is 0.362. The molecule has 2 unspecified atom stereocenters. The van der Waals surface area contributed by atoms with Gasteiger partial charge in [0.25, 0.3) is 0 Å². The first kappa shape index (κ1) is 11.9. The van der Waals surface area contributed by atoms with Crippen molar-refractivity contribution in [2.75, 3.05) is 0 Å². The second-order valence-electron chi connectivity index (χ2n) is 4.48. The van der Waals surface area contributed by atoms with Crippen LogP contribution in [0.25, 0.3) is 0 Å². The molecule has 2 heteroatoms. The quantitative estimate of drug-likeness (QED) is 0.848. The highest BCUT2D eigenvalue weighted by Gasteiger charge is 2.10. The topological polar surface area (TPSA) is 25.2 Å². The van der Waals surface area contributed by atoms with Crippen molar-refractivity contribution < 1.29 is 4.42 Å². The van der Waals surface area contributed by atoms with E-state index in [0.717, 1.165) is 12.2 Å². The first-order valence-corrected chi connectivity index (χ1v) is 6.09. The Kier molecular flexibility index (Phi) is 3.99. The summed E-state index contributed by atoms with van der Waals surface area (Å²) in [4.78, 5) is 0. The van der Waals surface area contributed by atoms with Crippen LogP contribution in [0.2, 0.25) is 0 Å². The van der Waals surface area contributed by atoms with Gasteiger partial charge in [-0.1, -0.05) is 30.3 Å². The van der Waals surface area contributed by atoms with E-state index in [-0.39, 0.29) is 0 Å². The molecule has 1 aromatic carbocycles. The Morgan fingerprint density at radius 3 is 2.47 bits per heavy atom.